The van der Waals surface area contributed by atoms with Crippen LogP contribution >= 0.6 is 23.1 Å². The standard InChI is InChI=1S/C20H31N3S2/c1-5-6-7-8-11-24-19-22-17(21)16-14-10-9-13(20(2,3)4)12-15(14)25-18(16)23-19/h13H,5-12H2,1-4H3,(H2,21,22,23)/t13-/m0/s1. The smallest absolute Gasteiger partial charge is 0.190 e. The number of nitrogens with two attached hydrogens (primary N) is 1. The zero-order valence-electron chi connectivity index (χ0n) is 16.0. The molecule has 0 amide bonds. The summed E-state index contributed by atoms with van der Waals surface area (Å²) in [6.07, 6.45) is 8.64. The molecule has 138 valence electrons. The summed E-state index contributed by atoms with van der Waals surface area (Å²) in [6, 6.07) is 0. The van der Waals surface area contributed by atoms with Crippen LogP contribution in [0.25, 0.3) is 10.2 Å². The molecule has 1 aliphatic carbocycles. The summed E-state index contributed by atoms with van der Waals surface area (Å²) < 4.78 is 0. The number of aryl methyl sites for hydroxylation is 1. The summed E-state index contributed by atoms with van der Waals surface area (Å²) in [5.41, 5.74) is 8.13. The highest BCUT2D eigenvalue weighted by Crippen LogP contribution is 2.44. The van der Waals surface area contributed by atoms with Crippen molar-refractivity contribution < 1.29 is 0 Å². The van der Waals surface area contributed by atoms with E-state index in [-0.39, 0.29) is 0 Å². The minimum atomic E-state index is 0.366. The number of anilines is 1. The Morgan fingerprint density at radius 1 is 1.20 bits per heavy atom. The molecule has 0 saturated carbocycles. The number of nitrogen functional groups attached to an aromatic ring is 1. The molecule has 0 radical (unpaired) electrons. The summed E-state index contributed by atoms with van der Waals surface area (Å²) in [6.45, 7) is 9.32. The van der Waals surface area contributed by atoms with Crippen LogP contribution in [0.3, 0.4) is 0 Å². The van der Waals surface area contributed by atoms with E-state index >= 15 is 0 Å². The number of nitrogens with zero attached hydrogens (tertiary/aromatic N) is 2. The molecule has 0 unspecified atom stereocenters. The number of aromatic nitrogens is 2. The van der Waals surface area contributed by atoms with Crippen molar-refractivity contribution in [1.82, 2.24) is 9.97 Å². The van der Waals surface area contributed by atoms with Crippen molar-refractivity contribution >= 4 is 39.1 Å². The van der Waals surface area contributed by atoms with Gasteiger partial charge in [0.05, 0.1) is 5.39 Å². The average Bonchev–Trinajstić information content (AvgIpc) is 2.91. The normalized spacial score (nSPS) is 17.8. The molecule has 3 rings (SSSR count). The molecule has 0 bridgehead atoms. The van der Waals surface area contributed by atoms with E-state index in [0.29, 0.717) is 11.2 Å². The van der Waals surface area contributed by atoms with E-state index in [0.717, 1.165) is 33.5 Å². The minimum absolute atomic E-state index is 0.366. The molecule has 0 aromatic carbocycles. The van der Waals surface area contributed by atoms with Gasteiger partial charge < -0.3 is 5.73 Å². The molecule has 0 aliphatic heterocycles. The van der Waals surface area contributed by atoms with Gasteiger partial charge in [0.1, 0.15) is 10.6 Å². The Morgan fingerprint density at radius 2 is 2.00 bits per heavy atom. The van der Waals surface area contributed by atoms with Gasteiger partial charge in [-0.25, -0.2) is 9.97 Å². The second kappa shape index (κ2) is 7.83. The Hall–Kier alpha value is -0.810. The highest BCUT2D eigenvalue weighted by Gasteiger charge is 2.31. The molecule has 2 heterocycles. The van der Waals surface area contributed by atoms with Crippen molar-refractivity contribution in [2.45, 2.75) is 77.8 Å². The van der Waals surface area contributed by atoms with E-state index in [1.807, 2.05) is 11.3 Å². The number of fused-ring (bicyclic) bond motifs is 3. The number of thiophene rings is 1. The molecule has 1 atom stereocenters. The third kappa shape index (κ3) is 4.30. The van der Waals surface area contributed by atoms with Gasteiger partial charge in [-0.2, -0.15) is 0 Å². The van der Waals surface area contributed by atoms with Crippen molar-refractivity contribution in [1.29, 1.82) is 0 Å². The minimum Gasteiger partial charge on any atom is -0.383 e. The quantitative estimate of drug-likeness (QED) is 0.375. The first-order valence-electron chi connectivity index (χ1n) is 9.60. The fraction of sp³-hybridized carbons (Fsp3) is 0.700. The second-order valence-corrected chi connectivity index (χ2v) is 10.4. The van der Waals surface area contributed by atoms with Crippen molar-refractivity contribution in [2.75, 3.05) is 11.5 Å². The topological polar surface area (TPSA) is 51.8 Å². The van der Waals surface area contributed by atoms with Crippen LogP contribution in [0.15, 0.2) is 5.16 Å². The average molecular weight is 378 g/mol. The van der Waals surface area contributed by atoms with Gasteiger partial charge in [0.25, 0.3) is 0 Å². The lowest BCUT2D eigenvalue weighted by atomic mass is 9.72. The van der Waals surface area contributed by atoms with Crippen molar-refractivity contribution in [3.8, 4) is 0 Å². The lowest BCUT2D eigenvalue weighted by molar-refractivity contribution is 0.218. The predicted octanol–water partition coefficient (Wildman–Crippen LogP) is 6.10. The highest BCUT2D eigenvalue weighted by atomic mass is 32.2. The monoisotopic (exact) mass is 377 g/mol. The molecule has 1 aliphatic rings. The Balaban J connectivity index is 1.78. The van der Waals surface area contributed by atoms with E-state index in [1.165, 1.54) is 49.0 Å². The zero-order valence-corrected chi connectivity index (χ0v) is 17.7. The second-order valence-electron chi connectivity index (χ2n) is 8.29. The number of hydrogen-bond donors (Lipinski definition) is 1. The first-order chi connectivity index (χ1) is 11.9. The van der Waals surface area contributed by atoms with E-state index in [9.17, 15) is 0 Å². The number of rotatable bonds is 6. The van der Waals surface area contributed by atoms with E-state index in [1.54, 1.807) is 11.8 Å². The first kappa shape index (κ1) is 19.0. The Kier molecular flexibility index (Phi) is 5.94. The lowest BCUT2D eigenvalue weighted by Gasteiger charge is -2.33. The Labute approximate surface area is 160 Å². The van der Waals surface area contributed by atoms with Crippen LogP contribution in [0.4, 0.5) is 5.82 Å². The predicted molar refractivity (Wildman–Crippen MR) is 112 cm³/mol. The fourth-order valence-corrected chi connectivity index (χ4v) is 5.90. The molecular formula is C20H31N3S2. The van der Waals surface area contributed by atoms with Crippen LogP contribution in [0, 0.1) is 11.3 Å². The van der Waals surface area contributed by atoms with Gasteiger partial charge in [0, 0.05) is 10.6 Å². The third-order valence-corrected chi connectivity index (χ3v) is 7.45. The molecule has 2 aromatic rings. The van der Waals surface area contributed by atoms with Gasteiger partial charge in [0.2, 0.25) is 0 Å². The molecular weight excluding hydrogens is 346 g/mol. The van der Waals surface area contributed by atoms with E-state index < -0.39 is 0 Å². The molecule has 25 heavy (non-hydrogen) atoms. The van der Waals surface area contributed by atoms with Gasteiger partial charge in [-0.15, -0.1) is 11.3 Å². The first-order valence-corrected chi connectivity index (χ1v) is 11.4. The molecule has 0 spiro atoms. The van der Waals surface area contributed by atoms with Crippen molar-refractivity contribution in [3.63, 3.8) is 0 Å². The summed E-state index contributed by atoms with van der Waals surface area (Å²) in [5, 5.41) is 2.00. The number of unbranched alkanes of at least 4 members (excludes halogenated alkanes) is 3. The van der Waals surface area contributed by atoms with E-state index in [4.69, 9.17) is 10.7 Å². The van der Waals surface area contributed by atoms with Crippen LogP contribution < -0.4 is 5.73 Å². The van der Waals surface area contributed by atoms with Gasteiger partial charge in [0.15, 0.2) is 5.16 Å². The van der Waals surface area contributed by atoms with Gasteiger partial charge in [-0.3, -0.25) is 0 Å². The number of thioether (sulfide) groups is 1. The van der Waals surface area contributed by atoms with Gasteiger partial charge in [-0.05, 0) is 42.6 Å². The molecule has 2 N–H and O–H groups in total. The van der Waals surface area contributed by atoms with Crippen molar-refractivity contribution in [3.05, 3.63) is 10.4 Å². The van der Waals surface area contributed by atoms with Gasteiger partial charge in [-0.1, -0.05) is 58.7 Å². The maximum absolute atomic E-state index is 6.34. The molecule has 3 nitrogen and oxygen atoms in total. The zero-order chi connectivity index (χ0) is 18.0. The highest BCUT2D eigenvalue weighted by molar-refractivity contribution is 7.99. The Morgan fingerprint density at radius 3 is 2.72 bits per heavy atom. The van der Waals surface area contributed by atoms with Crippen LogP contribution in [0.2, 0.25) is 0 Å². The van der Waals surface area contributed by atoms with Crippen LogP contribution in [0.1, 0.15) is 70.2 Å². The van der Waals surface area contributed by atoms with E-state index in [2.05, 4.69) is 32.7 Å². The molecule has 0 fully saturated rings. The molecule has 2 aromatic heterocycles. The summed E-state index contributed by atoms with van der Waals surface area (Å²) in [4.78, 5) is 12.0. The summed E-state index contributed by atoms with van der Waals surface area (Å²) >= 11 is 3.61. The molecule has 0 saturated heterocycles. The fourth-order valence-electron chi connectivity index (χ4n) is 3.68. The Bertz CT molecular complexity index is 731. The largest absolute Gasteiger partial charge is 0.383 e. The molecule has 5 heteroatoms. The maximum atomic E-state index is 6.34. The number of hydrogen-bond acceptors (Lipinski definition) is 5. The summed E-state index contributed by atoms with van der Waals surface area (Å²) in [5.74, 6) is 2.52. The van der Waals surface area contributed by atoms with Gasteiger partial charge >= 0.3 is 0 Å². The maximum Gasteiger partial charge on any atom is 0.190 e. The SMILES string of the molecule is CCCCCCSc1nc(N)c2c3c(sc2n1)C[C@@H](C(C)(C)C)CC3. The van der Waals surface area contributed by atoms with Crippen LogP contribution in [-0.4, -0.2) is 15.7 Å². The van der Waals surface area contributed by atoms with Crippen LogP contribution in [-0.2, 0) is 12.8 Å². The van der Waals surface area contributed by atoms with Crippen LogP contribution in [0.5, 0.6) is 0 Å². The summed E-state index contributed by atoms with van der Waals surface area (Å²) in [7, 11) is 0. The third-order valence-electron chi connectivity index (χ3n) is 5.37. The lowest BCUT2D eigenvalue weighted by Crippen LogP contribution is -2.26. The van der Waals surface area contributed by atoms with Crippen molar-refractivity contribution in [2.24, 2.45) is 11.3 Å².